The van der Waals surface area contributed by atoms with E-state index < -0.39 is 0 Å². The summed E-state index contributed by atoms with van der Waals surface area (Å²) in [6.45, 7) is 0. The van der Waals surface area contributed by atoms with Gasteiger partial charge in [-0.15, -0.1) is 0 Å². The zero-order valence-corrected chi connectivity index (χ0v) is 6.16. The Balaban J connectivity index is 2.38. The number of hydrogen-bond acceptors (Lipinski definition) is 0. The highest BCUT2D eigenvalue weighted by molar-refractivity contribution is 5.07. The largest absolute Gasteiger partial charge is 0.0879 e. The normalized spacial score (nSPS) is 28.8. The van der Waals surface area contributed by atoms with Crippen LogP contribution in [0.25, 0.3) is 0 Å². The van der Waals surface area contributed by atoms with Crippen LogP contribution in [-0.2, 0) is 0 Å². The average molecular weight is 133 g/mol. The Morgan fingerprint density at radius 3 is 2.10 bits per heavy atom. The molecule has 0 unspecified atom stereocenters. The fourth-order valence-corrected chi connectivity index (χ4v) is 0.874. The molecule has 1 aliphatic rings. The molecule has 0 atom stereocenters. The molecule has 0 amide bonds. The van der Waals surface area contributed by atoms with Crippen molar-refractivity contribution in [2.24, 2.45) is 0 Å². The van der Waals surface area contributed by atoms with Crippen molar-refractivity contribution in [1.82, 2.24) is 0 Å². The Kier molecular flexibility index (Phi) is 3.69. The van der Waals surface area contributed by atoms with Crippen molar-refractivity contribution < 1.29 is 0 Å². The van der Waals surface area contributed by atoms with Gasteiger partial charge in [0.15, 0.2) is 0 Å². The minimum Gasteiger partial charge on any atom is -0.0879 e. The molecule has 0 bridgehead atoms. The molecular formula is C10H13. The summed E-state index contributed by atoms with van der Waals surface area (Å²) in [5.41, 5.74) is 0. The lowest BCUT2D eigenvalue weighted by Gasteiger charge is -1.90. The molecule has 0 aromatic carbocycles. The van der Waals surface area contributed by atoms with Crippen LogP contribution in [0.15, 0.2) is 36.5 Å². The second-order valence-electron chi connectivity index (χ2n) is 2.32. The first-order valence-corrected chi connectivity index (χ1v) is 3.78. The molecule has 10 heavy (non-hydrogen) atoms. The molecule has 0 fully saturated rings. The van der Waals surface area contributed by atoms with E-state index >= 15 is 0 Å². The Bertz CT molecular complexity index is 149. The van der Waals surface area contributed by atoms with Gasteiger partial charge in [-0.2, -0.15) is 0 Å². The van der Waals surface area contributed by atoms with Crippen molar-refractivity contribution in [3.8, 4) is 0 Å². The molecule has 0 spiro atoms. The predicted molar refractivity (Wildman–Crippen MR) is 45.6 cm³/mol. The summed E-state index contributed by atoms with van der Waals surface area (Å²) >= 11 is 0. The van der Waals surface area contributed by atoms with E-state index in [1.54, 1.807) is 0 Å². The van der Waals surface area contributed by atoms with Crippen molar-refractivity contribution in [2.75, 3.05) is 0 Å². The second kappa shape index (κ2) is 5.04. The van der Waals surface area contributed by atoms with E-state index in [4.69, 9.17) is 0 Å². The van der Waals surface area contributed by atoms with Gasteiger partial charge in [0, 0.05) is 0 Å². The van der Waals surface area contributed by atoms with Crippen molar-refractivity contribution in [3.63, 3.8) is 0 Å². The number of hydrogen-bond donors (Lipinski definition) is 0. The van der Waals surface area contributed by atoms with Crippen LogP contribution < -0.4 is 0 Å². The summed E-state index contributed by atoms with van der Waals surface area (Å²) in [6.07, 6.45) is 18.5. The van der Waals surface area contributed by atoms with Gasteiger partial charge in [-0.25, -0.2) is 0 Å². The van der Waals surface area contributed by atoms with Crippen LogP contribution in [0.3, 0.4) is 0 Å². The summed E-state index contributed by atoms with van der Waals surface area (Å²) < 4.78 is 0. The highest BCUT2D eigenvalue weighted by Gasteiger charge is 1.81. The van der Waals surface area contributed by atoms with E-state index in [0.717, 1.165) is 19.3 Å². The smallest absolute Gasteiger partial charge is 0.0166 e. The quantitative estimate of drug-likeness (QED) is 0.445. The van der Waals surface area contributed by atoms with Crippen LogP contribution in [-0.4, -0.2) is 0 Å². The molecule has 0 nitrogen and oxygen atoms in total. The molecule has 0 aromatic heterocycles. The van der Waals surface area contributed by atoms with Crippen LogP contribution >= 0.6 is 0 Å². The molecule has 0 saturated carbocycles. The molecule has 0 heteroatoms. The van der Waals surface area contributed by atoms with E-state index in [-0.39, 0.29) is 0 Å². The molecule has 1 rings (SSSR count). The lowest BCUT2D eigenvalue weighted by Crippen LogP contribution is -1.72. The Hall–Kier alpha value is -0.780. The Morgan fingerprint density at radius 1 is 0.600 bits per heavy atom. The predicted octanol–water partition coefficient (Wildman–Crippen LogP) is 3.04. The molecule has 53 valence electrons. The number of rotatable bonds is 0. The molecule has 0 saturated heterocycles. The molecule has 0 heterocycles. The molecule has 1 aliphatic carbocycles. The standard InChI is InChI=1S/C10H13/c1-2-4-6-8-10-9-7-5-3-1/h1-4,7-9H,5-6,10H2/b3-1-,4-2+,9-7+. The van der Waals surface area contributed by atoms with Gasteiger partial charge in [0.1, 0.15) is 0 Å². The fraction of sp³-hybridized carbons (Fsp3) is 0.300. The van der Waals surface area contributed by atoms with Crippen molar-refractivity contribution in [3.05, 3.63) is 42.9 Å². The van der Waals surface area contributed by atoms with E-state index in [2.05, 4.69) is 42.9 Å². The van der Waals surface area contributed by atoms with Gasteiger partial charge in [-0.1, -0.05) is 36.5 Å². The maximum Gasteiger partial charge on any atom is -0.0166 e. The Morgan fingerprint density at radius 2 is 1.20 bits per heavy atom. The molecule has 1 radical (unpaired) electrons. The summed E-state index contributed by atoms with van der Waals surface area (Å²) in [6, 6.07) is 0. The monoisotopic (exact) mass is 133 g/mol. The summed E-state index contributed by atoms with van der Waals surface area (Å²) in [5, 5.41) is 0. The van der Waals surface area contributed by atoms with E-state index in [1.807, 2.05) is 0 Å². The van der Waals surface area contributed by atoms with Gasteiger partial charge in [-0.05, 0) is 25.7 Å². The highest BCUT2D eigenvalue weighted by Crippen LogP contribution is 2.00. The third-order valence-electron chi connectivity index (χ3n) is 1.43. The van der Waals surface area contributed by atoms with Crippen LogP contribution in [0, 0.1) is 6.42 Å². The highest BCUT2D eigenvalue weighted by atomic mass is 13.9. The lowest BCUT2D eigenvalue weighted by molar-refractivity contribution is 1.09. The maximum absolute atomic E-state index is 2.27. The maximum atomic E-state index is 2.27. The molecular weight excluding hydrogens is 120 g/mol. The van der Waals surface area contributed by atoms with Crippen LogP contribution in [0.4, 0.5) is 0 Å². The Labute approximate surface area is 62.9 Å². The zero-order chi connectivity index (χ0) is 7.07. The summed E-state index contributed by atoms with van der Waals surface area (Å²) in [7, 11) is 0. The zero-order valence-electron chi connectivity index (χ0n) is 6.16. The van der Waals surface area contributed by atoms with Gasteiger partial charge in [0.25, 0.3) is 0 Å². The van der Waals surface area contributed by atoms with Gasteiger partial charge in [0.05, 0.1) is 0 Å². The van der Waals surface area contributed by atoms with Crippen LogP contribution in [0.5, 0.6) is 0 Å². The van der Waals surface area contributed by atoms with E-state index in [9.17, 15) is 0 Å². The average Bonchev–Trinajstić information content (AvgIpc) is 2.01. The van der Waals surface area contributed by atoms with E-state index in [0.29, 0.717) is 0 Å². The fourth-order valence-electron chi connectivity index (χ4n) is 0.874. The summed E-state index contributed by atoms with van der Waals surface area (Å²) in [4.78, 5) is 0. The van der Waals surface area contributed by atoms with Crippen LogP contribution in [0.1, 0.15) is 19.3 Å². The van der Waals surface area contributed by atoms with Crippen molar-refractivity contribution >= 4 is 0 Å². The SMILES string of the molecule is [CH]1C/C=C/C=C\C/C=C/C1. The van der Waals surface area contributed by atoms with Crippen LogP contribution in [0.2, 0.25) is 0 Å². The van der Waals surface area contributed by atoms with Crippen molar-refractivity contribution in [1.29, 1.82) is 0 Å². The molecule has 0 aliphatic heterocycles. The van der Waals surface area contributed by atoms with Gasteiger partial charge >= 0.3 is 0 Å². The second-order valence-corrected chi connectivity index (χ2v) is 2.32. The topological polar surface area (TPSA) is 0 Å². The van der Waals surface area contributed by atoms with E-state index in [1.165, 1.54) is 0 Å². The van der Waals surface area contributed by atoms with Crippen molar-refractivity contribution in [2.45, 2.75) is 19.3 Å². The minimum absolute atomic E-state index is 1.07. The molecule has 0 N–H and O–H groups in total. The third kappa shape index (κ3) is 3.29. The first-order valence-electron chi connectivity index (χ1n) is 3.78. The number of allylic oxidation sites excluding steroid dienone is 6. The van der Waals surface area contributed by atoms with Gasteiger partial charge in [0.2, 0.25) is 0 Å². The third-order valence-corrected chi connectivity index (χ3v) is 1.43. The first-order chi connectivity index (χ1) is 5.00. The summed E-state index contributed by atoms with van der Waals surface area (Å²) in [5.74, 6) is 0. The first kappa shape index (κ1) is 7.33. The van der Waals surface area contributed by atoms with Gasteiger partial charge in [-0.3, -0.25) is 0 Å². The molecule has 0 aromatic rings. The lowest BCUT2D eigenvalue weighted by atomic mass is 10.2. The van der Waals surface area contributed by atoms with Gasteiger partial charge < -0.3 is 0 Å². The minimum atomic E-state index is 1.07.